The zero-order valence-corrected chi connectivity index (χ0v) is 11.9. The van der Waals surface area contributed by atoms with E-state index in [1.165, 1.54) is 0 Å². The molecule has 0 saturated heterocycles. The molecule has 0 fully saturated rings. The molecule has 0 radical (unpaired) electrons. The molecule has 0 aliphatic carbocycles. The first-order chi connectivity index (χ1) is 10.1. The fraction of sp³-hybridized carbons (Fsp3) is 0.333. The predicted octanol–water partition coefficient (Wildman–Crippen LogP) is 1.50. The van der Waals surface area contributed by atoms with E-state index in [9.17, 15) is 9.90 Å². The van der Waals surface area contributed by atoms with Crippen LogP contribution in [0.5, 0.6) is 0 Å². The van der Waals surface area contributed by atoms with Crippen molar-refractivity contribution in [3.8, 4) is 0 Å². The first kappa shape index (κ1) is 13.5. The van der Waals surface area contributed by atoms with Gasteiger partial charge in [-0.25, -0.2) is 9.78 Å². The second-order valence-electron chi connectivity index (χ2n) is 5.24. The summed E-state index contributed by atoms with van der Waals surface area (Å²) in [4.78, 5) is 17.7. The van der Waals surface area contributed by atoms with Gasteiger partial charge in [0.25, 0.3) is 0 Å². The van der Waals surface area contributed by atoms with Crippen LogP contribution in [0.15, 0.2) is 24.3 Å². The van der Waals surface area contributed by atoms with Crippen LogP contribution in [0.25, 0.3) is 0 Å². The number of benzene rings is 1. The van der Waals surface area contributed by atoms with E-state index in [0.717, 1.165) is 22.5 Å². The van der Waals surface area contributed by atoms with Crippen LogP contribution >= 0.6 is 0 Å². The summed E-state index contributed by atoms with van der Waals surface area (Å²) in [6.45, 7) is 4.16. The molecule has 108 valence electrons. The largest absolute Gasteiger partial charge is 0.480 e. The molecule has 1 atom stereocenters. The van der Waals surface area contributed by atoms with Crippen molar-refractivity contribution in [1.82, 2.24) is 15.2 Å². The van der Waals surface area contributed by atoms with E-state index < -0.39 is 12.0 Å². The highest BCUT2D eigenvalue weighted by atomic mass is 16.4. The normalized spacial score (nSPS) is 17.4. The third-order valence-electron chi connectivity index (χ3n) is 3.87. The number of aromatic nitrogens is 3. The lowest BCUT2D eigenvalue weighted by Gasteiger charge is -2.34. The minimum absolute atomic E-state index is 0.375. The third-order valence-corrected chi connectivity index (χ3v) is 3.87. The van der Waals surface area contributed by atoms with Gasteiger partial charge in [0.05, 0.1) is 11.4 Å². The molecular formula is C15H16N4O2. The number of aryl methyl sites for hydroxylation is 2. The number of hydrogen-bond donors (Lipinski definition) is 1. The summed E-state index contributed by atoms with van der Waals surface area (Å²) in [5.41, 5.74) is 3.70. The molecule has 2 heterocycles. The van der Waals surface area contributed by atoms with Gasteiger partial charge in [-0.15, -0.1) is 5.10 Å². The third kappa shape index (κ3) is 2.44. The van der Waals surface area contributed by atoms with Gasteiger partial charge < -0.3 is 10.0 Å². The number of anilines is 1. The van der Waals surface area contributed by atoms with Gasteiger partial charge in [-0.3, -0.25) is 0 Å². The summed E-state index contributed by atoms with van der Waals surface area (Å²) in [7, 11) is 0. The van der Waals surface area contributed by atoms with Crippen LogP contribution in [0.1, 0.15) is 22.5 Å². The van der Waals surface area contributed by atoms with Crippen molar-refractivity contribution in [3.05, 3.63) is 46.8 Å². The first-order valence-corrected chi connectivity index (χ1v) is 6.80. The van der Waals surface area contributed by atoms with Gasteiger partial charge in [0.2, 0.25) is 5.95 Å². The second kappa shape index (κ2) is 5.12. The van der Waals surface area contributed by atoms with E-state index in [-0.39, 0.29) is 0 Å². The molecule has 1 aromatic carbocycles. The Balaban J connectivity index is 2.03. The monoisotopic (exact) mass is 284 g/mol. The summed E-state index contributed by atoms with van der Waals surface area (Å²) < 4.78 is 0. The van der Waals surface area contributed by atoms with Crippen LogP contribution < -0.4 is 4.90 Å². The van der Waals surface area contributed by atoms with Crippen LogP contribution in [-0.2, 0) is 17.8 Å². The maximum atomic E-state index is 11.6. The number of carbonyl (C=O) groups is 1. The summed E-state index contributed by atoms with van der Waals surface area (Å²) in [5.74, 6) is -0.494. The highest BCUT2D eigenvalue weighted by Crippen LogP contribution is 2.26. The number of nitrogens with zero attached hydrogens (tertiary/aromatic N) is 4. The Kier molecular flexibility index (Phi) is 3.29. The van der Waals surface area contributed by atoms with Gasteiger partial charge in [-0.2, -0.15) is 5.10 Å². The number of rotatable bonds is 2. The summed E-state index contributed by atoms with van der Waals surface area (Å²) >= 11 is 0. The Labute approximate surface area is 122 Å². The smallest absolute Gasteiger partial charge is 0.326 e. The van der Waals surface area contributed by atoms with E-state index in [2.05, 4.69) is 15.2 Å². The standard InChI is InChI=1S/C15H16N4O2/c1-9-10(2)17-18-15(16-9)19-8-12-6-4-3-5-11(12)7-13(19)14(20)21/h3-6,13H,7-8H2,1-2H3,(H,20,21). The van der Waals surface area contributed by atoms with Gasteiger partial charge in [-0.1, -0.05) is 24.3 Å². The van der Waals surface area contributed by atoms with Crippen LogP contribution in [0.2, 0.25) is 0 Å². The molecule has 21 heavy (non-hydrogen) atoms. The Hall–Kier alpha value is -2.50. The van der Waals surface area contributed by atoms with Crippen molar-refractivity contribution >= 4 is 11.9 Å². The Bertz CT molecular complexity index is 702. The van der Waals surface area contributed by atoms with Gasteiger partial charge in [0, 0.05) is 13.0 Å². The molecule has 0 bridgehead atoms. The lowest BCUT2D eigenvalue weighted by atomic mass is 9.94. The average Bonchev–Trinajstić information content (AvgIpc) is 2.48. The molecule has 1 aliphatic heterocycles. The predicted molar refractivity (Wildman–Crippen MR) is 77.1 cm³/mol. The number of aliphatic carboxylic acids is 1. The number of fused-ring (bicyclic) bond motifs is 1. The van der Waals surface area contributed by atoms with Crippen LogP contribution in [0.3, 0.4) is 0 Å². The van der Waals surface area contributed by atoms with Crippen LogP contribution in [0, 0.1) is 13.8 Å². The summed E-state index contributed by atoms with van der Waals surface area (Å²) in [6, 6.07) is 7.21. The number of carboxylic acid groups (broad SMARTS) is 1. The zero-order valence-electron chi connectivity index (χ0n) is 11.9. The quantitative estimate of drug-likeness (QED) is 0.900. The molecule has 1 N–H and O–H groups in total. The van der Waals surface area contributed by atoms with E-state index >= 15 is 0 Å². The first-order valence-electron chi connectivity index (χ1n) is 6.80. The van der Waals surface area contributed by atoms with Gasteiger partial charge >= 0.3 is 5.97 Å². The maximum absolute atomic E-state index is 11.6. The minimum Gasteiger partial charge on any atom is -0.480 e. The molecule has 1 aliphatic rings. The summed E-state index contributed by atoms with van der Waals surface area (Å²) in [5, 5.41) is 17.6. The fourth-order valence-corrected chi connectivity index (χ4v) is 2.52. The lowest BCUT2D eigenvalue weighted by molar-refractivity contribution is -0.138. The molecule has 0 saturated carbocycles. The Morgan fingerprint density at radius 2 is 1.90 bits per heavy atom. The summed E-state index contributed by atoms with van der Waals surface area (Å²) in [6.07, 6.45) is 0.446. The van der Waals surface area contributed by atoms with E-state index in [4.69, 9.17) is 0 Å². The van der Waals surface area contributed by atoms with E-state index in [1.807, 2.05) is 38.1 Å². The Morgan fingerprint density at radius 1 is 1.19 bits per heavy atom. The molecule has 3 rings (SSSR count). The second-order valence-corrected chi connectivity index (χ2v) is 5.24. The number of carboxylic acids is 1. The maximum Gasteiger partial charge on any atom is 0.326 e. The zero-order chi connectivity index (χ0) is 15.0. The van der Waals surface area contributed by atoms with Gasteiger partial charge in [0.1, 0.15) is 6.04 Å². The van der Waals surface area contributed by atoms with Gasteiger partial charge in [-0.05, 0) is 25.0 Å². The molecular weight excluding hydrogens is 268 g/mol. The molecule has 6 nitrogen and oxygen atoms in total. The van der Waals surface area contributed by atoms with Crippen molar-refractivity contribution in [2.24, 2.45) is 0 Å². The van der Waals surface area contributed by atoms with E-state index in [0.29, 0.717) is 18.9 Å². The number of hydrogen-bond acceptors (Lipinski definition) is 5. The van der Waals surface area contributed by atoms with E-state index in [1.54, 1.807) is 4.90 Å². The van der Waals surface area contributed by atoms with Crippen LogP contribution in [0.4, 0.5) is 5.95 Å². The van der Waals surface area contributed by atoms with Crippen molar-refractivity contribution in [2.45, 2.75) is 32.9 Å². The minimum atomic E-state index is -0.869. The SMILES string of the molecule is Cc1nnc(N2Cc3ccccc3CC2C(=O)O)nc1C. The molecule has 2 aromatic rings. The molecule has 0 amide bonds. The fourth-order valence-electron chi connectivity index (χ4n) is 2.52. The van der Waals surface area contributed by atoms with Crippen molar-refractivity contribution in [3.63, 3.8) is 0 Å². The Morgan fingerprint density at radius 3 is 2.57 bits per heavy atom. The molecule has 1 aromatic heterocycles. The average molecular weight is 284 g/mol. The highest BCUT2D eigenvalue weighted by Gasteiger charge is 2.33. The van der Waals surface area contributed by atoms with Crippen LogP contribution in [-0.4, -0.2) is 32.3 Å². The van der Waals surface area contributed by atoms with Crippen molar-refractivity contribution < 1.29 is 9.90 Å². The molecule has 6 heteroatoms. The highest BCUT2D eigenvalue weighted by molar-refractivity contribution is 5.78. The van der Waals surface area contributed by atoms with Crippen molar-refractivity contribution in [2.75, 3.05) is 4.90 Å². The topological polar surface area (TPSA) is 79.2 Å². The van der Waals surface area contributed by atoms with Gasteiger partial charge in [0.15, 0.2) is 0 Å². The van der Waals surface area contributed by atoms with Crippen molar-refractivity contribution in [1.29, 1.82) is 0 Å². The lowest BCUT2D eigenvalue weighted by Crippen LogP contribution is -2.46. The molecule has 1 unspecified atom stereocenters. The molecule has 0 spiro atoms.